The lowest BCUT2D eigenvalue weighted by Gasteiger charge is -2.13. The highest BCUT2D eigenvalue weighted by Gasteiger charge is 2.18. The van der Waals surface area contributed by atoms with Crippen LogP contribution in [0.3, 0.4) is 0 Å². The van der Waals surface area contributed by atoms with Crippen molar-refractivity contribution < 1.29 is 14.3 Å². The van der Waals surface area contributed by atoms with Gasteiger partial charge in [0.15, 0.2) is 5.65 Å². The number of carbonyl (C=O) groups excluding carboxylic acids is 2. The Balaban J connectivity index is 2.14. The highest BCUT2D eigenvalue weighted by Crippen LogP contribution is 2.27. The number of nitrogens with zero attached hydrogens (tertiary/aromatic N) is 4. The molecule has 0 unspecified atom stereocenters. The molecule has 128 valence electrons. The van der Waals surface area contributed by atoms with Crippen molar-refractivity contribution in [3.63, 3.8) is 0 Å². The molecule has 0 fully saturated rings. The summed E-state index contributed by atoms with van der Waals surface area (Å²) < 4.78 is 6.53. The first-order valence-electron chi connectivity index (χ1n) is 7.75. The van der Waals surface area contributed by atoms with Gasteiger partial charge in [0.2, 0.25) is 11.9 Å². The van der Waals surface area contributed by atoms with Gasteiger partial charge in [0.25, 0.3) is 0 Å². The molecule has 3 rings (SSSR count). The van der Waals surface area contributed by atoms with Gasteiger partial charge in [-0.3, -0.25) is 14.9 Å². The van der Waals surface area contributed by atoms with Gasteiger partial charge in [-0.15, -0.1) is 0 Å². The number of nitrogens with one attached hydrogen (secondary N) is 1. The summed E-state index contributed by atoms with van der Waals surface area (Å²) in [6, 6.07) is 9.55. The second-order valence-corrected chi connectivity index (χ2v) is 5.40. The Morgan fingerprint density at radius 3 is 2.64 bits per heavy atom. The molecule has 2 aromatic heterocycles. The van der Waals surface area contributed by atoms with E-state index in [0.29, 0.717) is 17.8 Å². The lowest BCUT2D eigenvalue weighted by Crippen LogP contribution is -2.15. The number of benzene rings is 1. The Morgan fingerprint density at radius 1 is 1.20 bits per heavy atom. The van der Waals surface area contributed by atoms with E-state index in [0.717, 1.165) is 11.1 Å². The second-order valence-electron chi connectivity index (χ2n) is 5.40. The Hall–Kier alpha value is -3.29. The third-order valence-electron chi connectivity index (χ3n) is 3.51. The van der Waals surface area contributed by atoms with Crippen LogP contribution in [0.5, 0.6) is 0 Å². The van der Waals surface area contributed by atoms with Crippen molar-refractivity contribution in [1.82, 2.24) is 19.6 Å². The van der Waals surface area contributed by atoms with Crippen molar-refractivity contribution in [3.8, 4) is 11.3 Å². The van der Waals surface area contributed by atoms with Gasteiger partial charge >= 0.3 is 5.97 Å². The second kappa shape index (κ2) is 7.08. The first kappa shape index (κ1) is 16.6. The number of amides is 1. The van der Waals surface area contributed by atoms with E-state index in [1.165, 1.54) is 24.7 Å². The van der Waals surface area contributed by atoms with Crippen LogP contribution in [0.1, 0.15) is 19.4 Å². The lowest BCUT2D eigenvalue weighted by molar-refractivity contribution is -0.140. The zero-order valence-corrected chi connectivity index (χ0v) is 13.9. The minimum Gasteiger partial charge on any atom is -0.466 e. The van der Waals surface area contributed by atoms with Gasteiger partial charge in [-0.25, -0.2) is 9.97 Å². The van der Waals surface area contributed by atoms with Crippen molar-refractivity contribution in [2.24, 2.45) is 0 Å². The number of hydrogen-bond acceptors (Lipinski definition) is 6. The molecule has 0 saturated carbocycles. The molecule has 1 N–H and O–H groups in total. The Morgan fingerprint density at radius 2 is 1.96 bits per heavy atom. The molecule has 0 aliphatic heterocycles. The van der Waals surface area contributed by atoms with Crippen molar-refractivity contribution in [1.29, 1.82) is 0 Å². The van der Waals surface area contributed by atoms with Crippen LogP contribution in [0, 0.1) is 0 Å². The fraction of sp³-hybridized carbons (Fsp3) is 0.235. The Labute approximate surface area is 143 Å². The highest BCUT2D eigenvalue weighted by molar-refractivity contribution is 5.88. The van der Waals surface area contributed by atoms with Crippen molar-refractivity contribution >= 4 is 23.5 Å². The molecular weight excluding hydrogens is 322 g/mol. The summed E-state index contributed by atoms with van der Waals surface area (Å²) in [5.74, 6) is -0.312. The van der Waals surface area contributed by atoms with Gasteiger partial charge in [-0.2, -0.15) is 9.61 Å². The third kappa shape index (κ3) is 3.63. The predicted octanol–water partition coefficient (Wildman–Crippen LogP) is 1.86. The summed E-state index contributed by atoms with van der Waals surface area (Å²) in [5.41, 5.74) is 2.89. The van der Waals surface area contributed by atoms with Crippen molar-refractivity contribution in [2.75, 3.05) is 11.9 Å². The van der Waals surface area contributed by atoms with Crippen LogP contribution in [0.2, 0.25) is 0 Å². The smallest absolute Gasteiger partial charge is 0.302 e. The van der Waals surface area contributed by atoms with E-state index >= 15 is 0 Å². The number of fused-ring (bicyclic) bond motifs is 1. The molecule has 0 spiro atoms. The summed E-state index contributed by atoms with van der Waals surface area (Å²) in [5, 5.41) is 6.80. The first-order chi connectivity index (χ1) is 12.1. The van der Waals surface area contributed by atoms with Crippen LogP contribution in [0.15, 0.2) is 36.7 Å². The van der Waals surface area contributed by atoms with Crippen LogP contribution < -0.4 is 5.32 Å². The highest BCUT2D eigenvalue weighted by atomic mass is 16.5. The molecule has 1 amide bonds. The molecule has 0 radical (unpaired) electrons. The van der Waals surface area contributed by atoms with Gasteiger partial charge < -0.3 is 4.74 Å². The largest absolute Gasteiger partial charge is 0.466 e. The number of aromatic nitrogens is 4. The van der Waals surface area contributed by atoms with Crippen LogP contribution in [0.4, 0.5) is 5.95 Å². The number of carbonyl (C=O) groups is 2. The monoisotopic (exact) mass is 339 g/mol. The average Bonchev–Trinajstić information content (AvgIpc) is 3.06. The predicted molar refractivity (Wildman–Crippen MR) is 90.9 cm³/mol. The lowest BCUT2D eigenvalue weighted by atomic mass is 10.0. The van der Waals surface area contributed by atoms with E-state index in [-0.39, 0.29) is 24.4 Å². The molecular formula is C17H17N5O3. The van der Waals surface area contributed by atoms with E-state index in [1.807, 2.05) is 30.3 Å². The molecule has 2 heterocycles. The quantitative estimate of drug-likeness (QED) is 0.712. The number of ether oxygens (including phenoxy) is 1. The van der Waals surface area contributed by atoms with Gasteiger partial charge in [-0.05, 0) is 0 Å². The minimum absolute atomic E-state index is 0.207. The summed E-state index contributed by atoms with van der Waals surface area (Å²) >= 11 is 0. The van der Waals surface area contributed by atoms with Gasteiger partial charge in [-0.1, -0.05) is 30.3 Å². The average molecular weight is 339 g/mol. The fourth-order valence-corrected chi connectivity index (χ4v) is 2.53. The van der Waals surface area contributed by atoms with Gasteiger partial charge in [0, 0.05) is 31.4 Å². The SMILES string of the molecule is CC(=O)Nc1nc(-c2ccccc2)c(CCOC(C)=O)c2ncnn12. The van der Waals surface area contributed by atoms with Crippen LogP contribution in [-0.2, 0) is 20.7 Å². The van der Waals surface area contributed by atoms with E-state index in [4.69, 9.17) is 4.74 Å². The normalized spacial score (nSPS) is 10.6. The van der Waals surface area contributed by atoms with Gasteiger partial charge in [0.05, 0.1) is 12.3 Å². The molecule has 0 aliphatic rings. The minimum atomic E-state index is -0.346. The zero-order chi connectivity index (χ0) is 17.8. The number of anilines is 1. The Kier molecular flexibility index (Phi) is 4.69. The standard InChI is InChI=1S/C17H17N5O3/c1-11(23)20-17-21-15(13-6-4-3-5-7-13)14(8-9-25-12(2)24)16-18-10-19-22(16)17/h3-7,10H,8-9H2,1-2H3,(H,20,21,23). The van der Waals surface area contributed by atoms with E-state index < -0.39 is 0 Å². The maximum absolute atomic E-state index is 11.5. The molecule has 0 bridgehead atoms. The fourth-order valence-electron chi connectivity index (χ4n) is 2.53. The summed E-state index contributed by atoms with van der Waals surface area (Å²) in [7, 11) is 0. The molecule has 1 aromatic carbocycles. The summed E-state index contributed by atoms with van der Waals surface area (Å²) in [6.07, 6.45) is 1.83. The molecule has 8 heteroatoms. The maximum Gasteiger partial charge on any atom is 0.302 e. The van der Waals surface area contributed by atoms with Crippen molar-refractivity contribution in [2.45, 2.75) is 20.3 Å². The summed E-state index contributed by atoms with van der Waals surface area (Å²) in [4.78, 5) is 31.4. The van der Waals surface area contributed by atoms with Gasteiger partial charge in [0.1, 0.15) is 6.33 Å². The number of hydrogen-bond donors (Lipinski definition) is 1. The van der Waals surface area contributed by atoms with Crippen LogP contribution >= 0.6 is 0 Å². The molecule has 3 aromatic rings. The zero-order valence-electron chi connectivity index (χ0n) is 13.9. The number of esters is 1. The number of rotatable bonds is 5. The molecule has 0 saturated heterocycles. The molecule has 0 atom stereocenters. The third-order valence-corrected chi connectivity index (χ3v) is 3.51. The summed E-state index contributed by atoms with van der Waals surface area (Å²) in [6.45, 7) is 2.98. The van der Waals surface area contributed by atoms with Crippen LogP contribution in [-0.4, -0.2) is 38.1 Å². The molecule has 8 nitrogen and oxygen atoms in total. The molecule has 0 aliphatic carbocycles. The van der Waals surface area contributed by atoms with Crippen molar-refractivity contribution in [3.05, 3.63) is 42.2 Å². The van der Waals surface area contributed by atoms with E-state index in [1.54, 1.807) is 0 Å². The van der Waals surface area contributed by atoms with Crippen LogP contribution in [0.25, 0.3) is 16.9 Å². The first-order valence-corrected chi connectivity index (χ1v) is 7.75. The maximum atomic E-state index is 11.5. The van der Waals surface area contributed by atoms with E-state index in [2.05, 4.69) is 20.4 Å². The van der Waals surface area contributed by atoms with E-state index in [9.17, 15) is 9.59 Å². The Bertz CT molecular complexity index is 921. The topological polar surface area (TPSA) is 98.5 Å². The molecule has 25 heavy (non-hydrogen) atoms.